The SMILES string of the molecule is CCc1ccc(NC(=O)CCOc2cc(C)ccc2C)cc1. The number of benzene rings is 2. The van der Waals surface area contributed by atoms with Gasteiger partial charge in [-0.15, -0.1) is 0 Å². The number of hydrogen-bond donors (Lipinski definition) is 1. The molecule has 2 aromatic carbocycles. The number of aryl methyl sites for hydroxylation is 3. The molecule has 1 N–H and O–H groups in total. The van der Waals surface area contributed by atoms with Gasteiger partial charge in [0.15, 0.2) is 0 Å². The molecular formula is C19H23NO2. The largest absolute Gasteiger partial charge is 0.493 e. The zero-order valence-electron chi connectivity index (χ0n) is 13.5. The van der Waals surface area contributed by atoms with Gasteiger partial charge in [-0.3, -0.25) is 4.79 Å². The molecule has 0 heterocycles. The van der Waals surface area contributed by atoms with Crippen molar-refractivity contribution in [2.45, 2.75) is 33.6 Å². The first-order valence-corrected chi connectivity index (χ1v) is 7.67. The second-order valence-electron chi connectivity index (χ2n) is 5.47. The predicted molar refractivity (Wildman–Crippen MR) is 90.5 cm³/mol. The molecule has 0 radical (unpaired) electrons. The Morgan fingerprint density at radius 1 is 1.09 bits per heavy atom. The van der Waals surface area contributed by atoms with Crippen LogP contribution in [0.5, 0.6) is 5.75 Å². The predicted octanol–water partition coefficient (Wildman–Crippen LogP) is 4.27. The van der Waals surface area contributed by atoms with E-state index < -0.39 is 0 Å². The molecule has 3 heteroatoms. The van der Waals surface area contributed by atoms with Gasteiger partial charge in [0.25, 0.3) is 0 Å². The summed E-state index contributed by atoms with van der Waals surface area (Å²) in [6.07, 6.45) is 1.33. The number of carbonyl (C=O) groups excluding carboxylic acids is 1. The molecular weight excluding hydrogens is 274 g/mol. The van der Waals surface area contributed by atoms with Crippen molar-refractivity contribution in [1.29, 1.82) is 0 Å². The van der Waals surface area contributed by atoms with Crippen LogP contribution in [0, 0.1) is 13.8 Å². The van der Waals surface area contributed by atoms with Crippen LogP contribution in [0.15, 0.2) is 42.5 Å². The number of nitrogens with one attached hydrogen (secondary N) is 1. The van der Waals surface area contributed by atoms with Crippen molar-refractivity contribution in [3.8, 4) is 5.75 Å². The van der Waals surface area contributed by atoms with Crippen LogP contribution in [0.4, 0.5) is 5.69 Å². The molecule has 0 saturated heterocycles. The fraction of sp³-hybridized carbons (Fsp3) is 0.316. The zero-order chi connectivity index (χ0) is 15.9. The molecule has 0 spiro atoms. The van der Waals surface area contributed by atoms with E-state index >= 15 is 0 Å². The summed E-state index contributed by atoms with van der Waals surface area (Å²) in [6.45, 7) is 6.52. The van der Waals surface area contributed by atoms with Gasteiger partial charge >= 0.3 is 0 Å². The minimum Gasteiger partial charge on any atom is -0.493 e. The van der Waals surface area contributed by atoms with Crippen molar-refractivity contribution in [3.63, 3.8) is 0 Å². The third-order valence-corrected chi connectivity index (χ3v) is 3.58. The van der Waals surface area contributed by atoms with Gasteiger partial charge in [-0.1, -0.05) is 31.2 Å². The minimum atomic E-state index is -0.0328. The summed E-state index contributed by atoms with van der Waals surface area (Å²) in [5, 5.41) is 2.89. The number of carbonyl (C=O) groups is 1. The summed E-state index contributed by atoms with van der Waals surface area (Å²) < 4.78 is 5.70. The first-order valence-electron chi connectivity index (χ1n) is 7.67. The Morgan fingerprint density at radius 3 is 2.50 bits per heavy atom. The third-order valence-electron chi connectivity index (χ3n) is 3.58. The molecule has 0 aliphatic rings. The van der Waals surface area contributed by atoms with E-state index in [-0.39, 0.29) is 5.91 Å². The molecule has 1 amide bonds. The third kappa shape index (κ3) is 4.62. The van der Waals surface area contributed by atoms with E-state index in [1.165, 1.54) is 5.56 Å². The molecule has 0 unspecified atom stereocenters. The van der Waals surface area contributed by atoms with E-state index in [4.69, 9.17) is 4.74 Å². The van der Waals surface area contributed by atoms with Gasteiger partial charge in [0.2, 0.25) is 5.91 Å². The Hall–Kier alpha value is -2.29. The first kappa shape index (κ1) is 16.1. The zero-order valence-corrected chi connectivity index (χ0v) is 13.5. The van der Waals surface area contributed by atoms with Gasteiger partial charge in [0, 0.05) is 5.69 Å². The van der Waals surface area contributed by atoms with Gasteiger partial charge in [-0.05, 0) is 55.2 Å². The van der Waals surface area contributed by atoms with Crippen LogP contribution >= 0.6 is 0 Å². The van der Waals surface area contributed by atoms with Crippen molar-refractivity contribution in [1.82, 2.24) is 0 Å². The average molecular weight is 297 g/mol. The summed E-state index contributed by atoms with van der Waals surface area (Å²) in [6, 6.07) is 14.0. The summed E-state index contributed by atoms with van der Waals surface area (Å²) >= 11 is 0. The summed E-state index contributed by atoms with van der Waals surface area (Å²) in [5.74, 6) is 0.814. The van der Waals surface area contributed by atoms with Crippen LogP contribution in [-0.2, 0) is 11.2 Å². The molecule has 0 saturated carbocycles. The summed E-state index contributed by atoms with van der Waals surface area (Å²) in [4.78, 5) is 11.9. The van der Waals surface area contributed by atoms with Crippen molar-refractivity contribution < 1.29 is 9.53 Å². The topological polar surface area (TPSA) is 38.3 Å². The van der Waals surface area contributed by atoms with Gasteiger partial charge in [-0.25, -0.2) is 0 Å². The van der Waals surface area contributed by atoms with Crippen LogP contribution < -0.4 is 10.1 Å². The maximum Gasteiger partial charge on any atom is 0.227 e. The molecule has 3 nitrogen and oxygen atoms in total. The van der Waals surface area contributed by atoms with Crippen molar-refractivity contribution in [2.75, 3.05) is 11.9 Å². The van der Waals surface area contributed by atoms with Crippen molar-refractivity contribution in [2.24, 2.45) is 0 Å². The molecule has 0 bridgehead atoms. The van der Waals surface area contributed by atoms with Gasteiger partial charge < -0.3 is 10.1 Å². The van der Waals surface area contributed by atoms with E-state index in [1.54, 1.807) is 0 Å². The monoisotopic (exact) mass is 297 g/mol. The molecule has 2 aromatic rings. The highest BCUT2D eigenvalue weighted by Gasteiger charge is 2.05. The highest BCUT2D eigenvalue weighted by molar-refractivity contribution is 5.90. The second kappa shape index (κ2) is 7.64. The van der Waals surface area contributed by atoms with Crippen LogP contribution in [0.1, 0.15) is 30.0 Å². The fourth-order valence-electron chi connectivity index (χ4n) is 2.16. The van der Waals surface area contributed by atoms with Crippen molar-refractivity contribution in [3.05, 3.63) is 59.2 Å². The van der Waals surface area contributed by atoms with Crippen LogP contribution in [0.3, 0.4) is 0 Å². The maximum absolute atomic E-state index is 11.9. The van der Waals surface area contributed by atoms with E-state index in [9.17, 15) is 4.79 Å². The highest BCUT2D eigenvalue weighted by atomic mass is 16.5. The van der Waals surface area contributed by atoms with E-state index in [2.05, 4.69) is 18.3 Å². The summed E-state index contributed by atoms with van der Waals surface area (Å²) in [7, 11) is 0. The number of anilines is 1. The minimum absolute atomic E-state index is 0.0328. The lowest BCUT2D eigenvalue weighted by Gasteiger charge is -2.10. The molecule has 0 aromatic heterocycles. The maximum atomic E-state index is 11.9. The van der Waals surface area contributed by atoms with Gasteiger partial charge in [-0.2, -0.15) is 0 Å². The van der Waals surface area contributed by atoms with Crippen LogP contribution in [0.25, 0.3) is 0 Å². The molecule has 116 valence electrons. The fourth-order valence-corrected chi connectivity index (χ4v) is 2.16. The standard InChI is InChI=1S/C19H23NO2/c1-4-16-7-9-17(10-8-16)20-19(21)11-12-22-18-13-14(2)5-6-15(18)3/h5-10,13H,4,11-12H2,1-3H3,(H,20,21). The molecule has 0 aliphatic carbocycles. The number of rotatable bonds is 6. The number of ether oxygens (including phenoxy) is 1. The Kier molecular flexibility index (Phi) is 5.59. The van der Waals surface area contributed by atoms with E-state index in [1.807, 2.05) is 50.2 Å². The molecule has 22 heavy (non-hydrogen) atoms. The number of amides is 1. The van der Waals surface area contributed by atoms with Crippen LogP contribution in [-0.4, -0.2) is 12.5 Å². The molecule has 0 aliphatic heterocycles. The lowest BCUT2D eigenvalue weighted by Crippen LogP contribution is -2.15. The van der Waals surface area contributed by atoms with Gasteiger partial charge in [0.1, 0.15) is 5.75 Å². The van der Waals surface area contributed by atoms with Gasteiger partial charge in [0.05, 0.1) is 13.0 Å². The molecule has 0 atom stereocenters. The quantitative estimate of drug-likeness (QED) is 0.864. The Morgan fingerprint density at radius 2 is 1.82 bits per heavy atom. The Bertz CT molecular complexity index is 632. The van der Waals surface area contributed by atoms with E-state index in [0.29, 0.717) is 13.0 Å². The summed E-state index contributed by atoms with van der Waals surface area (Å²) in [5.41, 5.74) is 4.33. The lowest BCUT2D eigenvalue weighted by atomic mass is 10.1. The second-order valence-corrected chi connectivity index (χ2v) is 5.47. The smallest absolute Gasteiger partial charge is 0.227 e. The number of hydrogen-bond acceptors (Lipinski definition) is 2. The van der Waals surface area contributed by atoms with Crippen LogP contribution in [0.2, 0.25) is 0 Å². The first-order chi connectivity index (χ1) is 10.6. The Balaban J connectivity index is 1.81. The normalized spacial score (nSPS) is 10.3. The molecule has 0 fully saturated rings. The molecule has 2 rings (SSSR count). The van der Waals surface area contributed by atoms with E-state index in [0.717, 1.165) is 29.0 Å². The average Bonchev–Trinajstić information content (AvgIpc) is 2.51. The lowest BCUT2D eigenvalue weighted by molar-refractivity contribution is -0.116. The highest BCUT2D eigenvalue weighted by Crippen LogP contribution is 2.19. The van der Waals surface area contributed by atoms with Crippen molar-refractivity contribution >= 4 is 11.6 Å². The Labute approximate surface area is 132 Å².